The molecular weight excluding hydrogens is 200 g/mol. The van der Waals surface area contributed by atoms with E-state index < -0.39 is 12.2 Å². The Balaban J connectivity index is 2.48. The molecule has 6 heteroatoms. The van der Waals surface area contributed by atoms with Crippen molar-refractivity contribution in [1.29, 1.82) is 0 Å². The zero-order chi connectivity index (χ0) is 11.6. The molecule has 0 bridgehead atoms. The standard InChI is InChI=1S/C9H16N2O4/c1-6-4-7(5-11(6)8(12)13)15-9(14)10(2)3/h6-7H,4-5H2,1-3H3,(H,12,13)/t6-,7-/m1/s1. The fourth-order valence-electron chi connectivity index (χ4n) is 1.58. The van der Waals surface area contributed by atoms with Crippen molar-refractivity contribution in [3.8, 4) is 0 Å². The van der Waals surface area contributed by atoms with Gasteiger partial charge in [-0.2, -0.15) is 0 Å². The predicted octanol–water partition coefficient (Wildman–Crippen LogP) is 0.825. The third-order valence-electron chi connectivity index (χ3n) is 2.41. The van der Waals surface area contributed by atoms with Crippen LogP contribution in [0.1, 0.15) is 13.3 Å². The van der Waals surface area contributed by atoms with E-state index in [1.54, 1.807) is 21.0 Å². The first-order valence-corrected chi connectivity index (χ1v) is 4.79. The minimum absolute atomic E-state index is 0.0949. The number of carboxylic acid groups (broad SMARTS) is 1. The smallest absolute Gasteiger partial charge is 0.409 e. The topological polar surface area (TPSA) is 70.1 Å². The van der Waals surface area contributed by atoms with Gasteiger partial charge in [0.2, 0.25) is 0 Å². The Bertz CT molecular complexity index is 267. The first kappa shape index (κ1) is 11.6. The molecule has 0 aromatic heterocycles. The van der Waals surface area contributed by atoms with Crippen molar-refractivity contribution in [1.82, 2.24) is 9.80 Å². The summed E-state index contributed by atoms with van der Waals surface area (Å²) in [5.74, 6) is 0. The van der Waals surface area contributed by atoms with Gasteiger partial charge in [-0.15, -0.1) is 0 Å². The summed E-state index contributed by atoms with van der Waals surface area (Å²) in [6.45, 7) is 2.06. The Hall–Kier alpha value is -1.46. The number of ether oxygens (including phenoxy) is 1. The van der Waals surface area contributed by atoms with Crippen molar-refractivity contribution in [2.45, 2.75) is 25.5 Å². The van der Waals surface area contributed by atoms with Crippen LogP contribution in [-0.4, -0.2) is 59.9 Å². The molecule has 15 heavy (non-hydrogen) atoms. The number of nitrogens with zero attached hydrogens (tertiary/aromatic N) is 2. The Morgan fingerprint density at radius 2 is 2.07 bits per heavy atom. The molecule has 2 amide bonds. The predicted molar refractivity (Wildman–Crippen MR) is 52.8 cm³/mol. The van der Waals surface area contributed by atoms with Gasteiger partial charge in [-0.25, -0.2) is 9.59 Å². The van der Waals surface area contributed by atoms with Gasteiger partial charge < -0.3 is 19.6 Å². The maximum atomic E-state index is 11.2. The molecule has 1 saturated heterocycles. The lowest BCUT2D eigenvalue weighted by Crippen LogP contribution is -2.34. The quantitative estimate of drug-likeness (QED) is 0.704. The highest BCUT2D eigenvalue weighted by Crippen LogP contribution is 2.20. The highest BCUT2D eigenvalue weighted by molar-refractivity contribution is 5.68. The highest BCUT2D eigenvalue weighted by Gasteiger charge is 2.34. The van der Waals surface area contributed by atoms with E-state index in [1.165, 1.54) is 9.80 Å². The van der Waals surface area contributed by atoms with Gasteiger partial charge >= 0.3 is 12.2 Å². The molecule has 0 saturated carbocycles. The van der Waals surface area contributed by atoms with Crippen LogP contribution in [0, 0.1) is 0 Å². The van der Waals surface area contributed by atoms with E-state index in [9.17, 15) is 9.59 Å². The number of carbonyl (C=O) groups is 2. The van der Waals surface area contributed by atoms with Crippen molar-refractivity contribution in [2.75, 3.05) is 20.6 Å². The van der Waals surface area contributed by atoms with Crippen molar-refractivity contribution in [3.63, 3.8) is 0 Å². The Labute approximate surface area is 88.4 Å². The van der Waals surface area contributed by atoms with Crippen LogP contribution in [0.15, 0.2) is 0 Å². The largest absolute Gasteiger partial charge is 0.465 e. The lowest BCUT2D eigenvalue weighted by Gasteiger charge is -2.17. The average molecular weight is 216 g/mol. The van der Waals surface area contributed by atoms with E-state index in [0.717, 1.165) is 0 Å². The molecule has 0 aromatic carbocycles. The molecule has 0 aromatic rings. The summed E-state index contributed by atoms with van der Waals surface area (Å²) < 4.78 is 5.11. The molecule has 0 spiro atoms. The zero-order valence-electron chi connectivity index (χ0n) is 9.14. The van der Waals surface area contributed by atoms with Gasteiger partial charge in [0.1, 0.15) is 6.10 Å². The minimum atomic E-state index is -0.967. The summed E-state index contributed by atoms with van der Waals surface area (Å²) in [6, 6.07) is -0.0949. The minimum Gasteiger partial charge on any atom is -0.465 e. The third kappa shape index (κ3) is 2.74. The molecule has 6 nitrogen and oxygen atoms in total. The Morgan fingerprint density at radius 3 is 2.47 bits per heavy atom. The molecule has 1 heterocycles. The molecule has 1 fully saturated rings. The third-order valence-corrected chi connectivity index (χ3v) is 2.41. The SMILES string of the molecule is C[C@@H]1C[C@@H](OC(=O)N(C)C)CN1C(=O)O. The van der Waals surface area contributed by atoms with E-state index in [4.69, 9.17) is 9.84 Å². The molecule has 0 aliphatic carbocycles. The summed E-state index contributed by atoms with van der Waals surface area (Å²) in [5, 5.41) is 8.82. The zero-order valence-corrected chi connectivity index (χ0v) is 9.14. The second-order valence-electron chi connectivity index (χ2n) is 3.92. The molecule has 1 aliphatic heterocycles. The molecule has 1 aliphatic rings. The van der Waals surface area contributed by atoms with Crippen molar-refractivity contribution >= 4 is 12.2 Å². The summed E-state index contributed by atoms with van der Waals surface area (Å²) in [4.78, 5) is 24.6. The normalized spacial score (nSPS) is 25.1. The van der Waals surface area contributed by atoms with Crippen LogP contribution in [0.2, 0.25) is 0 Å². The van der Waals surface area contributed by atoms with Crippen molar-refractivity contribution in [3.05, 3.63) is 0 Å². The number of amides is 2. The number of likely N-dealkylation sites (tertiary alicyclic amines) is 1. The summed E-state index contributed by atoms with van der Waals surface area (Å²) in [7, 11) is 3.19. The van der Waals surface area contributed by atoms with Gasteiger partial charge in [0.05, 0.1) is 6.54 Å². The maximum absolute atomic E-state index is 11.2. The van der Waals surface area contributed by atoms with E-state index in [1.807, 2.05) is 0 Å². The molecule has 0 unspecified atom stereocenters. The van der Waals surface area contributed by atoms with Crippen LogP contribution in [-0.2, 0) is 4.74 Å². The fraction of sp³-hybridized carbons (Fsp3) is 0.778. The number of hydrogen-bond donors (Lipinski definition) is 1. The average Bonchev–Trinajstić information content (AvgIpc) is 2.46. The first-order chi connectivity index (χ1) is 6.91. The molecular formula is C9H16N2O4. The van der Waals surface area contributed by atoms with Crippen LogP contribution < -0.4 is 0 Å². The van der Waals surface area contributed by atoms with Gasteiger partial charge in [0.25, 0.3) is 0 Å². The molecule has 2 atom stereocenters. The second-order valence-corrected chi connectivity index (χ2v) is 3.92. The monoisotopic (exact) mass is 216 g/mol. The highest BCUT2D eigenvalue weighted by atomic mass is 16.6. The molecule has 1 rings (SSSR count). The van der Waals surface area contributed by atoms with Gasteiger partial charge in [-0.1, -0.05) is 0 Å². The summed E-state index contributed by atoms with van der Waals surface area (Å²) in [6.07, 6.45) is -1.16. The number of rotatable bonds is 1. The second kappa shape index (κ2) is 4.37. The van der Waals surface area contributed by atoms with Crippen LogP contribution in [0.3, 0.4) is 0 Å². The lowest BCUT2D eigenvalue weighted by molar-refractivity contribution is 0.0766. The Morgan fingerprint density at radius 1 is 1.47 bits per heavy atom. The van der Waals surface area contributed by atoms with Crippen molar-refractivity contribution < 1.29 is 19.4 Å². The molecule has 0 radical (unpaired) electrons. The maximum Gasteiger partial charge on any atom is 0.409 e. The van der Waals surface area contributed by atoms with Crippen LogP contribution in [0.25, 0.3) is 0 Å². The van der Waals surface area contributed by atoms with Crippen LogP contribution >= 0.6 is 0 Å². The summed E-state index contributed by atoms with van der Waals surface area (Å²) in [5.41, 5.74) is 0. The van der Waals surface area contributed by atoms with Crippen LogP contribution in [0.4, 0.5) is 9.59 Å². The van der Waals surface area contributed by atoms with Gasteiger partial charge in [-0.3, -0.25) is 0 Å². The van der Waals surface area contributed by atoms with E-state index in [2.05, 4.69) is 0 Å². The van der Waals surface area contributed by atoms with Gasteiger partial charge in [0.15, 0.2) is 0 Å². The van der Waals surface area contributed by atoms with E-state index in [-0.39, 0.29) is 18.7 Å². The van der Waals surface area contributed by atoms with E-state index >= 15 is 0 Å². The Kier molecular flexibility index (Phi) is 3.39. The fourth-order valence-corrected chi connectivity index (χ4v) is 1.58. The lowest BCUT2D eigenvalue weighted by atomic mass is 10.2. The van der Waals surface area contributed by atoms with Crippen molar-refractivity contribution in [2.24, 2.45) is 0 Å². The molecule has 1 N–H and O–H groups in total. The van der Waals surface area contributed by atoms with E-state index in [0.29, 0.717) is 6.42 Å². The van der Waals surface area contributed by atoms with Gasteiger partial charge in [-0.05, 0) is 6.92 Å². The van der Waals surface area contributed by atoms with Gasteiger partial charge in [0, 0.05) is 26.6 Å². The number of hydrogen-bond acceptors (Lipinski definition) is 3. The first-order valence-electron chi connectivity index (χ1n) is 4.79. The number of carbonyl (C=O) groups excluding carboxylic acids is 1. The molecule has 86 valence electrons. The van der Waals surface area contributed by atoms with Crippen LogP contribution in [0.5, 0.6) is 0 Å². The summed E-state index contributed by atoms with van der Waals surface area (Å²) >= 11 is 0.